The minimum absolute atomic E-state index is 0.0760. The van der Waals surface area contributed by atoms with E-state index in [1.165, 1.54) is 0 Å². The first-order valence-electron chi connectivity index (χ1n) is 12.2. The number of aryl methyl sites for hydroxylation is 1. The summed E-state index contributed by atoms with van der Waals surface area (Å²) in [7, 11) is 5.28. The predicted octanol–water partition coefficient (Wildman–Crippen LogP) is 4.52. The van der Waals surface area contributed by atoms with Crippen molar-refractivity contribution in [2.45, 2.75) is 32.1 Å². The molecule has 1 unspecified atom stereocenters. The lowest BCUT2D eigenvalue weighted by atomic mass is 9.87. The van der Waals surface area contributed by atoms with Crippen molar-refractivity contribution in [2.75, 3.05) is 33.9 Å². The molecule has 2 heterocycles. The van der Waals surface area contributed by atoms with E-state index in [1.54, 1.807) is 14.2 Å². The molecule has 7 nitrogen and oxygen atoms in total. The average Bonchev–Trinajstić information content (AvgIpc) is 3.23. The maximum Gasteiger partial charge on any atom is 0.309 e. The number of fused-ring (bicyclic) bond motifs is 1. The van der Waals surface area contributed by atoms with Gasteiger partial charge in [-0.15, -0.1) is 0 Å². The minimum Gasteiger partial charge on any atom is -0.497 e. The van der Waals surface area contributed by atoms with E-state index >= 15 is 0 Å². The number of carbonyl (C=O) groups excluding carboxylic acids is 2. The van der Waals surface area contributed by atoms with Gasteiger partial charge in [-0.3, -0.25) is 9.59 Å². The van der Waals surface area contributed by atoms with Crippen LogP contribution in [0.1, 0.15) is 43.2 Å². The number of esters is 1. The average molecular weight is 479 g/mol. The Kier molecular flexibility index (Phi) is 7.63. The maximum atomic E-state index is 13.5. The fourth-order valence-electron chi connectivity index (χ4n) is 5.02. The van der Waals surface area contributed by atoms with E-state index in [-0.39, 0.29) is 23.7 Å². The number of hydrogen-bond donors (Lipinski definition) is 0. The Morgan fingerprint density at radius 2 is 1.69 bits per heavy atom. The summed E-state index contributed by atoms with van der Waals surface area (Å²) in [4.78, 5) is 27.5. The highest BCUT2D eigenvalue weighted by atomic mass is 16.5. The zero-order chi connectivity index (χ0) is 24.9. The van der Waals surface area contributed by atoms with Crippen LogP contribution >= 0.6 is 0 Å². The summed E-state index contributed by atoms with van der Waals surface area (Å²) in [5, 5.41) is 1.12. The molecule has 0 radical (unpaired) electrons. The van der Waals surface area contributed by atoms with Crippen LogP contribution in [0, 0.1) is 5.92 Å². The number of piperidine rings is 1. The molecule has 7 heteroatoms. The molecule has 1 aromatic heterocycles. The molecule has 0 aliphatic carbocycles. The Morgan fingerprint density at radius 3 is 2.31 bits per heavy atom. The van der Waals surface area contributed by atoms with E-state index in [4.69, 9.17) is 14.2 Å². The summed E-state index contributed by atoms with van der Waals surface area (Å²) in [5.41, 5.74) is 3.17. The number of carbonyl (C=O) groups is 2. The van der Waals surface area contributed by atoms with Crippen molar-refractivity contribution in [3.63, 3.8) is 0 Å². The Bertz CT molecular complexity index is 1170. The van der Waals surface area contributed by atoms with Crippen LogP contribution in [-0.4, -0.2) is 55.3 Å². The highest BCUT2D eigenvalue weighted by molar-refractivity contribution is 5.87. The molecule has 4 rings (SSSR count). The Morgan fingerprint density at radius 1 is 1.03 bits per heavy atom. The van der Waals surface area contributed by atoms with E-state index in [2.05, 4.69) is 22.9 Å². The van der Waals surface area contributed by atoms with Gasteiger partial charge in [0.1, 0.15) is 11.5 Å². The third-order valence-corrected chi connectivity index (χ3v) is 6.93. The van der Waals surface area contributed by atoms with Gasteiger partial charge in [0.15, 0.2) is 0 Å². The lowest BCUT2D eigenvalue weighted by Gasteiger charge is -2.32. The smallest absolute Gasteiger partial charge is 0.309 e. The van der Waals surface area contributed by atoms with Crippen LogP contribution in [0.15, 0.2) is 48.7 Å². The second kappa shape index (κ2) is 10.8. The molecule has 1 aliphatic rings. The molecule has 1 amide bonds. The molecule has 0 spiro atoms. The highest BCUT2D eigenvalue weighted by Gasteiger charge is 2.31. The summed E-state index contributed by atoms with van der Waals surface area (Å²) in [6, 6.07) is 14.0. The number of methoxy groups -OCH3 is 2. The first kappa shape index (κ1) is 24.6. The molecule has 1 saturated heterocycles. The molecular weight excluding hydrogens is 444 g/mol. The molecular formula is C28H34N2O5. The summed E-state index contributed by atoms with van der Waals surface area (Å²) >= 11 is 0. The van der Waals surface area contributed by atoms with Crippen LogP contribution in [0.5, 0.6) is 11.5 Å². The summed E-state index contributed by atoms with van der Waals surface area (Å²) < 4.78 is 18.3. The van der Waals surface area contributed by atoms with Crippen LogP contribution in [0.4, 0.5) is 0 Å². The lowest BCUT2D eigenvalue weighted by Crippen LogP contribution is -2.41. The topological polar surface area (TPSA) is 70.0 Å². The first-order chi connectivity index (χ1) is 16.9. The normalized spacial score (nSPS) is 15.1. The zero-order valence-electron chi connectivity index (χ0n) is 21.0. The lowest BCUT2D eigenvalue weighted by molar-refractivity contribution is -0.151. The number of rotatable bonds is 8. The number of hydrogen-bond acceptors (Lipinski definition) is 5. The van der Waals surface area contributed by atoms with E-state index in [9.17, 15) is 9.59 Å². The van der Waals surface area contributed by atoms with Gasteiger partial charge in [0.05, 0.1) is 26.7 Å². The van der Waals surface area contributed by atoms with Crippen molar-refractivity contribution >= 4 is 22.8 Å². The largest absolute Gasteiger partial charge is 0.497 e. The van der Waals surface area contributed by atoms with E-state index < -0.39 is 0 Å². The van der Waals surface area contributed by atoms with Gasteiger partial charge < -0.3 is 23.7 Å². The van der Waals surface area contributed by atoms with Crippen LogP contribution < -0.4 is 9.47 Å². The quantitative estimate of drug-likeness (QED) is 0.445. The Hall–Kier alpha value is -3.48. The van der Waals surface area contributed by atoms with E-state index in [1.807, 2.05) is 49.2 Å². The molecule has 0 saturated carbocycles. The van der Waals surface area contributed by atoms with E-state index in [0.717, 1.165) is 22.0 Å². The van der Waals surface area contributed by atoms with Gasteiger partial charge >= 0.3 is 5.97 Å². The van der Waals surface area contributed by atoms with Crippen LogP contribution in [0.25, 0.3) is 10.9 Å². The number of aromatic nitrogens is 1. The molecule has 35 heavy (non-hydrogen) atoms. The number of amides is 1. The van der Waals surface area contributed by atoms with E-state index in [0.29, 0.717) is 50.5 Å². The number of para-hydroxylation sites is 1. The van der Waals surface area contributed by atoms with Crippen LogP contribution in [0.2, 0.25) is 0 Å². The molecule has 2 aromatic carbocycles. The summed E-state index contributed by atoms with van der Waals surface area (Å²) in [5.74, 6) is 0.985. The van der Waals surface area contributed by atoms with Crippen molar-refractivity contribution in [1.82, 2.24) is 9.47 Å². The third kappa shape index (κ3) is 5.29. The second-order valence-corrected chi connectivity index (χ2v) is 9.02. The third-order valence-electron chi connectivity index (χ3n) is 6.93. The maximum absolute atomic E-state index is 13.5. The number of nitrogens with zero attached hydrogens (tertiary/aromatic N) is 2. The number of benzene rings is 2. The highest BCUT2D eigenvalue weighted by Crippen LogP contribution is 2.38. The monoisotopic (exact) mass is 478 g/mol. The fourth-order valence-corrected chi connectivity index (χ4v) is 5.02. The van der Waals surface area contributed by atoms with Crippen molar-refractivity contribution in [3.8, 4) is 11.5 Å². The summed E-state index contributed by atoms with van der Waals surface area (Å²) in [6.45, 7) is 3.32. The van der Waals surface area contributed by atoms with Crippen molar-refractivity contribution in [2.24, 2.45) is 13.0 Å². The Labute approximate surface area is 206 Å². The standard InChI is InChI=1S/C28H34N2O5/c1-5-35-28(32)19-10-12-30(13-11-19)27(31)17-24(20-14-21(33-3)16-22(15-20)34-4)25-18-29(2)26-9-7-6-8-23(25)26/h6-9,14-16,18-19,24H,5,10-13,17H2,1-4H3. The van der Waals surface area contributed by atoms with Crippen LogP contribution in [0.3, 0.4) is 0 Å². The number of likely N-dealkylation sites (tertiary alicyclic amines) is 1. The van der Waals surface area contributed by atoms with Crippen LogP contribution in [-0.2, 0) is 21.4 Å². The molecule has 3 aromatic rings. The summed E-state index contributed by atoms with van der Waals surface area (Å²) in [6.07, 6.45) is 3.70. The van der Waals surface area contributed by atoms with Gasteiger partial charge in [-0.2, -0.15) is 0 Å². The van der Waals surface area contributed by atoms with Gasteiger partial charge in [-0.1, -0.05) is 18.2 Å². The Balaban J connectivity index is 1.65. The number of ether oxygens (including phenoxy) is 3. The van der Waals surface area contributed by atoms with Gasteiger partial charge in [-0.05, 0) is 49.1 Å². The van der Waals surface area contributed by atoms with Gasteiger partial charge in [0.25, 0.3) is 0 Å². The van der Waals surface area contributed by atoms with Crippen molar-refractivity contribution in [3.05, 3.63) is 59.8 Å². The molecule has 1 atom stereocenters. The SMILES string of the molecule is CCOC(=O)C1CCN(C(=O)CC(c2cc(OC)cc(OC)c2)c2cn(C)c3ccccc23)CC1. The molecule has 0 bridgehead atoms. The van der Waals surface area contributed by atoms with Gasteiger partial charge in [0, 0.05) is 55.6 Å². The predicted molar refractivity (Wildman–Crippen MR) is 135 cm³/mol. The minimum atomic E-state index is -0.180. The molecule has 0 N–H and O–H groups in total. The molecule has 186 valence electrons. The molecule has 1 aliphatic heterocycles. The fraction of sp³-hybridized carbons (Fsp3) is 0.429. The zero-order valence-corrected chi connectivity index (χ0v) is 21.0. The van der Waals surface area contributed by atoms with Gasteiger partial charge in [0.2, 0.25) is 5.91 Å². The van der Waals surface area contributed by atoms with Crippen molar-refractivity contribution < 1.29 is 23.8 Å². The second-order valence-electron chi connectivity index (χ2n) is 9.02. The van der Waals surface area contributed by atoms with Gasteiger partial charge in [-0.25, -0.2) is 0 Å². The first-order valence-corrected chi connectivity index (χ1v) is 12.2. The van der Waals surface area contributed by atoms with Crippen molar-refractivity contribution in [1.29, 1.82) is 0 Å². The molecule has 1 fully saturated rings.